The maximum Gasteiger partial charge on any atom is 0.0468 e. The van der Waals surface area contributed by atoms with Crippen LogP contribution in [-0.2, 0) is 0 Å². The number of fused-ring (bicyclic) bond motifs is 6. The van der Waals surface area contributed by atoms with Gasteiger partial charge in [0.25, 0.3) is 0 Å². The molecule has 0 saturated carbocycles. The van der Waals surface area contributed by atoms with Crippen molar-refractivity contribution in [1.29, 1.82) is 0 Å². The van der Waals surface area contributed by atoms with Crippen molar-refractivity contribution in [3.63, 3.8) is 0 Å². The van der Waals surface area contributed by atoms with Crippen molar-refractivity contribution in [1.82, 2.24) is 0 Å². The van der Waals surface area contributed by atoms with Crippen LogP contribution in [-0.4, -0.2) is 0 Å². The van der Waals surface area contributed by atoms with Gasteiger partial charge in [0.15, 0.2) is 0 Å². The third-order valence-electron chi connectivity index (χ3n) is 6.07. The average molecular weight is 474 g/mol. The first-order chi connectivity index (χ1) is 15.8. The SMILES string of the molecule is Brc1ccc2c3ccccc3c3ccc(N(c4ccccc4)c4ccccc4)cc3c2c1. The smallest absolute Gasteiger partial charge is 0.0468 e. The highest BCUT2D eigenvalue weighted by molar-refractivity contribution is 9.10. The maximum absolute atomic E-state index is 3.69. The highest BCUT2D eigenvalue weighted by Crippen LogP contribution is 2.41. The lowest BCUT2D eigenvalue weighted by Gasteiger charge is -2.26. The number of benzene rings is 6. The van der Waals surface area contributed by atoms with Gasteiger partial charge in [-0.2, -0.15) is 0 Å². The molecule has 0 atom stereocenters. The molecule has 0 fully saturated rings. The first-order valence-corrected chi connectivity index (χ1v) is 11.5. The molecule has 0 unspecified atom stereocenters. The lowest BCUT2D eigenvalue weighted by Crippen LogP contribution is -2.09. The zero-order valence-electron chi connectivity index (χ0n) is 17.4. The van der Waals surface area contributed by atoms with Crippen molar-refractivity contribution in [2.24, 2.45) is 0 Å². The molecule has 6 rings (SSSR count). The normalized spacial score (nSPS) is 11.3. The van der Waals surface area contributed by atoms with Crippen molar-refractivity contribution < 1.29 is 0 Å². The summed E-state index contributed by atoms with van der Waals surface area (Å²) in [4.78, 5) is 2.32. The maximum atomic E-state index is 3.69. The number of nitrogens with zero attached hydrogens (tertiary/aromatic N) is 1. The molecule has 0 aromatic heterocycles. The fraction of sp³-hybridized carbons (Fsp3) is 0. The quantitative estimate of drug-likeness (QED) is 0.231. The Bertz CT molecular complexity index is 1530. The number of hydrogen-bond donors (Lipinski definition) is 0. The Labute approximate surface area is 195 Å². The van der Waals surface area contributed by atoms with Crippen molar-refractivity contribution >= 4 is 65.3 Å². The molecule has 0 aliphatic rings. The topological polar surface area (TPSA) is 3.24 Å². The highest BCUT2D eigenvalue weighted by atomic mass is 79.9. The van der Waals surface area contributed by atoms with Crippen molar-refractivity contribution in [3.8, 4) is 0 Å². The minimum Gasteiger partial charge on any atom is -0.310 e. The van der Waals surface area contributed by atoms with Crippen LogP contribution in [0.2, 0.25) is 0 Å². The third kappa shape index (κ3) is 3.16. The summed E-state index contributed by atoms with van der Waals surface area (Å²) in [6.07, 6.45) is 0. The molecule has 0 amide bonds. The highest BCUT2D eigenvalue weighted by Gasteiger charge is 2.15. The van der Waals surface area contributed by atoms with Gasteiger partial charge in [-0.1, -0.05) is 88.7 Å². The number of halogens is 1. The minimum atomic E-state index is 1.09. The first-order valence-electron chi connectivity index (χ1n) is 10.7. The lowest BCUT2D eigenvalue weighted by molar-refractivity contribution is 1.29. The molecule has 0 aliphatic carbocycles. The summed E-state index contributed by atoms with van der Waals surface area (Å²) in [7, 11) is 0. The summed E-state index contributed by atoms with van der Waals surface area (Å²) in [6.45, 7) is 0. The van der Waals surface area contributed by atoms with Crippen LogP contribution in [0.3, 0.4) is 0 Å². The number of para-hydroxylation sites is 2. The molecule has 0 spiro atoms. The van der Waals surface area contributed by atoms with E-state index in [1.165, 1.54) is 32.3 Å². The van der Waals surface area contributed by atoms with Crippen molar-refractivity contribution in [2.75, 3.05) is 4.90 Å². The summed E-state index contributed by atoms with van der Waals surface area (Å²) in [5.41, 5.74) is 3.43. The molecule has 0 aliphatic heterocycles. The van der Waals surface area contributed by atoms with E-state index in [-0.39, 0.29) is 0 Å². The molecular weight excluding hydrogens is 454 g/mol. The van der Waals surface area contributed by atoms with Gasteiger partial charge in [-0.15, -0.1) is 0 Å². The number of hydrogen-bond acceptors (Lipinski definition) is 1. The minimum absolute atomic E-state index is 1.09. The van der Waals surface area contributed by atoms with E-state index >= 15 is 0 Å². The Morgan fingerprint density at radius 2 is 0.844 bits per heavy atom. The van der Waals surface area contributed by atoms with E-state index in [4.69, 9.17) is 0 Å². The molecule has 32 heavy (non-hydrogen) atoms. The predicted octanol–water partition coefficient (Wildman–Crippen LogP) is 9.38. The molecule has 152 valence electrons. The summed E-state index contributed by atoms with van der Waals surface area (Å²) < 4.78 is 1.09. The number of rotatable bonds is 3. The second-order valence-corrected chi connectivity index (χ2v) is 8.89. The van der Waals surface area contributed by atoms with Crippen LogP contribution in [0.25, 0.3) is 32.3 Å². The van der Waals surface area contributed by atoms with Gasteiger partial charge in [0, 0.05) is 21.5 Å². The lowest BCUT2D eigenvalue weighted by atomic mass is 9.94. The molecular formula is C30H20BrN. The van der Waals surface area contributed by atoms with Crippen LogP contribution in [0.5, 0.6) is 0 Å². The van der Waals surface area contributed by atoms with Crippen molar-refractivity contribution in [3.05, 3.63) is 126 Å². The van der Waals surface area contributed by atoms with E-state index in [2.05, 4.69) is 142 Å². The summed E-state index contributed by atoms with van der Waals surface area (Å²) in [5.74, 6) is 0. The molecule has 6 aromatic carbocycles. The van der Waals surface area contributed by atoms with Gasteiger partial charge in [0.1, 0.15) is 0 Å². The molecule has 0 N–H and O–H groups in total. The van der Waals surface area contributed by atoms with Crippen LogP contribution < -0.4 is 4.90 Å². The Morgan fingerprint density at radius 1 is 0.375 bits per heavy atom. The van der Waals surface area contributed by atoms with Gasteiger partial charge >= 0.3 is 0 Å². The van der Waals surface area contributed by atoms with Crippen LogP contribution in [0, 0.1) is 0 Å². The Kier molecular flexibility index (Phi) is 4.66. The third-order valence-corrected chi connectivity index (χ3v) is 6.56. The monoisotopic (exact) mass is 473 g/mol. The van der Waals surface area contributed by atoms with Crippen LogP contribution in [0.4, 0.5) is 17.1 Å². The largest absolute Gasteiger partial charge is 0.310 e. The molecule has 1 nitrogen and oxygen atoms in total. The van der Waals surface area contributed by atoms with E-state index < -0.39 is 0 Å². The van der Waals surface area contributed by atoms with Crippen molar-refractivity contribution in [2.45, 2.75) is 0 Å². The van der Waals surface area contributed by atoms with Gasteiger partial charge in [0.2, 0.25) is 0 Å². The van der Waals surface area contributed by atoms with Crippen LogP contribution >= 0.6 is 15.9 Å². The van der Waals surface area contributed by atoms with Gasteiger partial charge in [-0.3, -0.25) is 0 Å². The van der Waals surface area contributed by atoms with Crippen LogP contribution in [0.1, 0.15) is 0 Å². The van der Waals surface area contributed by atoms with E-state index in [1.807, 2.05) is 0 Å². The fourth-order valence-electron chi connectivity index (χ4n) is 4.66. The fourth-order valence-corrected chi connectivity index (χ4v) is 5.02. The van der Waals surface area contributed by atoms with Gasteiger partial charge < -0.3 is 4.90 Å². The zero-order valence-corrected chi connectivity index (χ0v) is 19.0. The van der Waals surface area contributed by atoms with E-state index in [9.17, 15) is 0 Å². The average Bonchev–Trinajstić information content (AvgIpc) is 2.85. The summed E-state index contributed by atoms with van der Waals surface area (Å²) in [5, 5.41) is 7.65. The van der Waals surface area contributed by atoms with Gasteiger partial charge in [0.05, 0.1) is 0 Å². The molecule has 6 aromatic rings. The zero-order chi connectivity index (χ0) is 21.5. The van der Waals surface area contributed by atoms with E-state index in [0.29, 0.717) is 0 Å². The molecule has 0 radical (unpaired) electrons. The second kappa shape index (κ2) is 7.81. The molecule has 0 saturated heterocycles. The molecule has 0 heterocycles. The first kappa shape index (κ1) is 19.1. The Balaban J connectivity index is 1.69. The van der Waals surface area contributed by atoms with Gasteiger partial charge in [-0.05, 0) is 80.8 Å². The van der Waals surface area contributed by atoms with Crippen LogP contribution in [0.15, 0.2) is 126 Å². The molecule has 2 heteroatoms. The summed E-state index contributed by atoms with van der Waals surface area (Å²) >= 11 is 3.69. The van der Waals surface area contributed by atoms with Gasteiger partial charge in [-0.25, -0.2) is 0 Å². The summed E-state index contributed by atoms with van der Waals surface area (Å²) in [6, 6.07) is 43.2. The molecule has 0 bridgehead atoms. The van der Waals surface area contributed by atoms with E-state index in [0.717, 1.165) is 21.5 Å². The predicted molar refractivity (Wildman–Crippen MR) is 141 cm³/mol. The Morgan fingerprint density at radius 3 is 1.44 bits per heavy atom. The van der Waals surface area contributed by atoms with E-state index in [1.54, 1.807) is 0 Å². The second-order valence-electron chi connectivity index (χ2n) is 7.97. The Hall–Kier alpha value is -3.62. The standard InChI is InChI=1S/C30H20BrN/c31-21-15-17-27-25-13-7-8-14-26(25)28-18-16-24(20-30(28)29(27)19-21)32(22-9-3-1-4-10-22)23-11-5-2-6-12-23/h1-20H. The number of anilines is 3.